The lowest BCUT2D eigenvalue weighted by atomic mass is 9.81. The molecule has 0 aliphatic carbocycles. The van der Waals surface area contributed by atoms with Crippen molar-refractivity contribution < 1.29 is 0 Å². The summed E-state index contributed by atoms with van der Waals surface area (Å²) in [7, 11) is 0. The molecule has 0 saturated carbocycles. The Morgan fingerprint density at radius 3 is 1.93 bits per heavy atom. The van der Waals surface area contributed by atoms with Crippen molar-refractivity contribution in [3.8, 4) is 0 Å². The van der Waals surface area contributed by atoms with E-state index in [1.54, 1.807) is 0 Å². The summed E-state index contributed by atoms with van der Waals surface area (Å²) < 4.78 is 0. The first kappa shape index (κ1) is 15.3. The van der Waals surface area contributed by atoms with E-state index in [-0.39, 0.29) is 4.87 Å². The normalized spacial score (nSPS) is 14.2. The lowest BCUT2D eigenvalue weighted by molar-refractivity contribution is 0.307. The van der Waals surface area contributed by atoms with Gasteiger partial charge in [-0.25, -0.2) is 0 Å². The van der Waals surface area contributed by atoms with Crippen LogP contribution in [0.15, 0.2) is 0 Å². The Hall–Kier alpha value is 0.290. The molecule has 0 radical (unpaired) electrons. The van der Waals surface area contributed by atoms with E-state index in [9.17, 15) is 0 Å². The van der Waals surface area contributed by atoms with Crippen molar-refractivity contribution >= 4 is 11.6 Å². The second-order valence-electron chi connectivity index (χ2n) is 4.70. The van der Waals surface area contributed by atoms with Crippen molar-refractivity contribution in [2.75, 3.05) is 0 Å². The summed E-state index contributed by atoms with van der Waals surface area (Å²) in [6.45, 7) is 9.00. The molecule has 0 N–H and O–H groups in total. The van der Waals surface area contributed by atoms with Gasteiger partial charge in [-0.15, -0.1) is 11.6 Å². The van der Waals surface area contributed by atoms with Gasteiger partial charge in [-0.3, -0.25) is 0 Å². The summed E-state index contributed by atoms with van der Waals surface area (Å²) in [5.74, 6) is 0.714. The molecule has 0 rings (SSSR count). The third kappa shape index (κ3) is 5.24. The fourth-order valence-corrected chi connectivity index (χ4v) is 2.74. The fourth-order valence-electron chi connectivity index (χ4n) is 2.47. The van der Waals surface area contributed by atoms with E-state index in [4.69, 9.17) is 11.6 Å². The smallest absolute Gasteiger partial charge is 0.0469 e. The van der Waals surface area contributed by atoms with Crippen LogP contribution in [0.5, 0.6) is 0 Å². The maximum Gasteiger partial charge on any atom is 0.0469 e. The molecule has 15 heavy (non-hydrogen) atoms. The van der Waals surface area contributed by atoms with Crippen molar-refractivity contribution in [2.45, 2.75) is 83.9 Å². The first-order valence-electron chi connectivity index (χ1n) is 6.83. The highest BCUT2D eigenvalue weighted by molar-refractivity contribution is 6.24. The molecule has 0 amide bonds. The molecule has 0 aliphatic rings. The number of hydrogen-bond acceptors (Lipinski definition) is 0. The van der Waals surface area contributed by atoms with Crippen molar-refractivity contribution in [1.29, 1.82) is 0 Å². The van der Waals surface area contributed by atoms with Crippen molar-refractivity contribution in [2.24, 2.45) is 5.92 Å². The SMILES string of the molecule is CCCCCCC(CC)C(Cl)(CC)CC. The van der Waals surface area contributed by atoms with Crippen LogP contribution in [0.4, 0.5) is 0 Å². The molecule has 0 aromatic rings. The minimum absolute atomic E-state index is 0.0704. The third-order valence-electron chi connectivity index (χ3n) is 3.81. The van der Waals surface area contributed by atoms with E-state index in [0.717, 1.165) is 12.8 Å². The Morgan fingerprint density at radius 2 is 1.53 bits per heavy atom. The first-order valence-corrected chi connectivity index (χ1v) is 7.21. The fraction of sp³-hybridized carbons (Fsp3) is 1.00. The molecule has 0 aromatic heterocycles. The van der Waals surface area contributed by atoms with Gasteiger partial charge in [-0.1, -0.05) is 59.8 Å². The van der Waals surface area contributed by atoms with Gasteiger partial charge in [-0.2, -0.15) is 0 Å². The van der Waals surface area contributed by atoms with Gasteiger partial charge in [0.25, 0.3) is 0 Å². The van der Waals surface area contributed by atoms with Gasteiger partial charge in [-0.05, 0) is 25.2 Å². The van der Waals surface area contributed by atoms with Crippen molar-refractivity contribution in [3.05, 3.63) is 0 Å². The lowest BCUT2D eigenvalue weighted by Crippen LogP contribution is -2.30. The van der Waals surface area contributed by atoms with Crippen LogP contribution in [-0.4, -0.2) is 4.87 Å². The first-order chi connectivity index (χ1) is 7.14. The summed E-state index contributed by atoms with van der Waals surface area (Å²) in [5.41, 5.74) is 0. The molecule has 0 aromatic carbocycles. The molecule has 0 fully saturated rings. The van der Waals surface area contributed by atoms with E-state index in [1.165, 1.54) is 38.5 Å². The van der Waals surface area contributed by atoms with Crippen LogP contribution in [-0.2, 0) is 0 Å². The molecular formula is C14H29Cl. The van der Waals surface area contributed by atoms with E-state index in [2.05, 4.69) is 27.7 Å². The van der Waals surface area contributed by atoms with Gasteiger partial charge in [0, 0.05) is 4.87 Å². The van der Waals surface area contributed by atoms with Gasteiger partial charge in [0.05, 0.1) is 0 Å². The van der Waals surface area contributed by atoms with Gasteiger partial charge >= 0.3 is 0 Å². The van der Waals surface area contributed by atoms with Crippen LogP contribution in [0.2, 0.25) is 0 Å². The molecule has 1 atom stereocenters. The topological polar surface area (TPSA) is 0 Å². The standard InChI is InChI=1S/C14H29Cl/c1-5-9-10-11-12-13(6-2)14(15,7-3)8-4/h13H,5-12H2,1-4H3. The molecule has 0 heterocycles. The zero-order chi connectivity index (χ0) is 11.7. The molecule has 0 saturated heterocycles. The third-order valence-corrected chi connectivity index (χ3v) is 4.65. The Labute approximate surface area is 102 Å². The Morgan fingerprint density at radius 1 is 0.933 bits per heavy atom. The van der Waals surface area contributed by atoms with Crippen LogP contribution in [0.3, 0.4) is 0 Å². The molecular weight excluding hydrogens is 204 g/mol. The van der Waals surface area contributed by atoms with Crippen LogP contribution in [0.1, 0.15) is 79.1 Å². The van der Waals surface area contributed by atoms with Crippen LogP contribution in [0.25, 0.3) is 0 Å². The van der Waals surface area contributed by atoms with E-state index in [0.29, 0.717) is 5.92 Å². The van der Waals surface area contributed by atoms with Crippen LogP contribution < -0.4 is 0 Å². The minimum atomic E-state index is 0.0704. The quantitative estimate of drug-likeness (QED) is 0.349. The highest BCUT2D eigenvalue weighted by Gasteiger charge is 2.31. The molecule has 1 heteroatoms. The predicted molar refractivity (Wildman–Crippen MR) is 71.7 cm³/mol. The van der Waals surface area contributed by atoms with Gasteiger partial charge in [0.1, 0.15) is 0 Å². The summed E-state index contributed by atoms with van der Waals surface area (Å²) in [5, 5.41) is 0. The highest BCUT2D eigenvalue weighted by atomic mass is 35.5. The number of hydrogen-bond donors (Lipinski definition) is 0. The Bertz CT molecular complexity index is 138. The number of alkyl halides is 1. The Balaban J connectivity index is 3.99. The molecule has 92 valence electrons. The highest BCUT2D eigenvalue weighted by Crippen LogP contribution is 2.37. The summed E-state index contributed by atoms with van der Waals surface area (Å²) in [4.78, 5) is 0.0704. The average molecular weight is 233 g/mol. The minimum Gasteiger partial charge on any atom is -0.119 e. The Kier molecular flexibility index (Phi) is 8.61. The number of halogens is 1. The predicted octanol–water partition coefficient (Wildman–Crippen LogP) is 5.78. The number of rotatable bonds is 9. The van der Waals surface area contributed by atoms with Gasteiger partial charge < -0.3 is 0 Å². The van der Waals surface area contributed by atoms with Gasteiger partial charge in [0.15, 0.2) is 0 Å². The van der Waals surface area contributed by atoms with Crippen LogP contribution in [0, 0.1) is 5.92 Å². The average Bonchev–Trinajstić information content (AvgIpc) is 2.28. The maximum atomic E-state index is 6.69. The zero-order valence-corrected chi connectivity index (χ0v) is 11.9. The summed E-state index contributed by atoms with van der Waals surface area (Å²) >= 11 is 6.69. The molecule has 0 nitrogen and oxygen atoms in total. The number of unbranched alkanes of at least 4 members (excludes halogenated alkanes) is 3. The lowest BCUT2D eigenvalue weighted by Gasteiger charge is -2.33. The summed E-state index contributed by atoms with van der Waals surface area (Å²) in [6.07, 6.45) is 10.2. The van der Waals surface area contributed by atoms with E-state index >= 15 is 0 Å². The molecule has 0 spiro atoms. The van der Waals surface area contributed by atoms with Crippen molar-refractivity contribution in [1.82, 2.24) is 0 Å². The summed E-state index contributed by atoms with van der Waals surface area (Å²) in [6, 6.07) is 0. The van der Waals surface area contributed by atoms with E-state index in [1.807, 2.05) is 0 Å². The second kappa shape index (κ2) is 8.44. The second-order valence-corrected chi connectivity index (χ2v) is 5.45. The largest absolute Gasteiger partial charge is 0.119 e. The molecule has 1 unspecified atom stereocenters. The van der Waals surface area contributed by atoms with Gasteiger partial charge in [0.2, 0.25) is 0 Å². The maximum absolute atomic E-state index is 6.69. The van der Waals surface area contributed by atoms with E-state index < -0.39 is 0 Å². The molecule has 0 bridgehead atoms. The zero-order valence-electron chi connectivity index (χ0n) is 11.1. The van der Waals surface area contributed by atoms with Crippen molar-refractivity contribution in [3.63, 3.8) is 0 Å². The van der Waals surface area contributed by atoms with Crippen LogP contribution >= 0.6 is 11.6 Å². The molecule has 0 aliphatic heterocycles. The monoisotopic (exact) mass is 232 g/mol.